The van der Waals surface area contributed by atoms with Crippen molar-refractivity contribution in [2.45, 2.75) is 47.5 Å². The van der Waals surface area contributed by atoms with Crippen molar-refractivity contribution in [2.24, 2.45) is 5.41 Å². The summed E-state index contributed by atoms with van der Waals surface area (Å²) >= 11 is 0. The Balaban J connectivity index is 1.94. The normalized spacial score (nSPS) is 11.3. The summed E-state index contributed by atoms with van der Waals surface area (Å²) in [4.78, 5) is 24.4. The molecule has 0 aromatic heterocycles. The topological polar surface area (TPSA) is 73.9 Å². The summed E-state index contributed by atoms with van der Waals surface area (Å²) in [7, 11) is 1.54. The molecule has 0 fully saturated rings. The number of carbonyl (C=O) groups excluding carboxylic acids is 2. The van der Waals surface area contributed by atoms with Crippen LogP contribution in [-0.2, 0) is 14.3 Å². The van der Waals surface area contributed by atoms with Crippen molar-refractivity contribution < 1.29 is 23.8 Å². The summed E-state index contributed by atoms with van der Waals surface area (Å²) in [5.41, 5.74) is 3.04. The maximum atomic E-state index is 12.9. The van der Waals surface area contributed by atoms with Gasteiger partial charge in [0.1, 0.15) is 11.5 Å². The molecule has 33 heavy (non-hydrogen) atoms. The molecule has 2 rings (SSSR count). The van der Waals surface area contributed by atoms with E-state index in [1.165, 1.54) is 6.08 Å². The van der Waals surface area contributed by atoms with Crippen LogP contribution >= 0.6 is 0 Å². The Morgan fingerprint density at radius 3 is 2.52 bits per heavy atom. The lowest BCUT2D eigenvalue weighted by atomic mass is 9.87. The lowest BCUT2D eigenvalue weighted by Crippen LogP contribution is -2.31. The van der Waals surface area contributed by atoms with E-state index < -0.39 is 11.4 Å². The number of esters is 1. The number of anilines is 1. The van der Waals surface area contributed by atoms with Gasteiger partial charge in [-0.05, 0) is 69.0 Å². The molecule has 0 saturated heterocycles. The fraction of sp³-hybridized carbons (Fsp3) is 0.407. The third-order valence-corrected chi connectivity index (χ3v) is 5.34. The maximum absolute atomic E-state index is 12.9. The second-order valence-electron chi connectivity index (χ2n) is 8.60. The predicted molar refractivity (Wildman–Crippen MR) is 132 cm³/mol. The fourth-order valence-electron chi connectivity index (χ4n) is 3.25. The van der Waals surface area contributed by atoms with Crippen LogP contribution < -0.4 is 14.8 Å². The van der Waals surface area contributed by atoms with E-state index in [2.05, 4.69) is 11.4 Å². The van der Waals surface area contributed by atoms with E-state index in [9.17, 15) is 9.59 Å². The second-order valence-corrected chi connectivity index (χ2v) is 8.60. The monoisotopic (exact) mass is 453 g/mol. The van der Waals surface area contributed by atoms with E-state index in [-0.39, 0.29) is 5.91 Å². The number of methoxy groups -OCH3 is 1. The van der Waals surface area contributed by atoms with E-state index in [4.69, 9.17) is 14.2 Å². The van der Waals surface area contributed by atoms with E-state index in [0.717, 1.165) is 23.3 Å². The molecule has 2 aromatic rings. The van der Waals surface area contributed by atoms with Crippen molar-refractivity contribution in [2.75, 3.05) is 25.6 Å². The fourth-order valence-corrected chi connectivity index (χ4v) is 3.25. The predicted octanol–water partition coefficient (Wildman–Crippen LogP) is 5.71. The molecule has 0 heterocycles. The minimum atomic E-state index is -0.569. The zero-order valence-electron chi connectivity index (χ0n) is 20.5. The Morgan fingerprint density at radius 1 is 1.06 bits per heavy atom. The quantitative estimate of drug-likeness (QED) is 0.268. The van der Waals surface area contributed by atoms with Crippen LogP contribution in [0.25, 0.3) is 6.08 Å². The van der Waals surface area contributed by atoms with Gasteiger partial charge in [-0.15, -0.1) is 0 Å². The van der Waals surface area contributed by atoms with Crippen LogP contribution in [0.2, 0.25) is 0 Å². The number of rotatable bonds is 11. The molecule has 0 aliphatic heterocycles. The molecule has 0 unspecified atom stereocenters. The number of hydrogen-bond donors (Lipinski definition) is 1. The molecular formula is C27H35NO5. The molecule has 6 nitrogen and oxygen atoms in total. The summed E-state index contributed by atoms with van der Waals surface area (Å²) in [6, 6.07) is 11.5. The van der Waals surface area contributed by atoms with E-state index in [0.29, 0.717) is 36.6 Å². The summed E-state index contributed by atoms with van der Waals surface area (Å²) in [5, 5.41) is 2.97. The number of hydrogen-bond acceptors (Lipinski definition) is 5. The number of aryl methyl sites for hydroxylation is 2. The van der Waals surface area contributed by atoms with Crippen molar-refractivity contribution >= 4 is 23.6 Å². The zero-order valence-corrected chi connectivity index (χ0v) is 20.5. The van der Waals surface area contributed by atoms with Gasteiger partial charge in [0.25, 0.3) is 0 Å². The molecule has 0 bridgehead atoms. The van der Waals surface area contributed by atoms with Crippen LogP contribution in [0.5, 0.6) is 11.5 Å². The number of benzene rings is 2. The third kappa shape index (κ3) is 7.97. The van der Waals surface area contributed by atoms with Crippen LogP contribution in [0.1, 0.15) is 50.3 Å². The van der Waals surface area contributed by atoms with Gasteiger partial charge in [0, 0.05) is 28.8 Å². The van der Waals surface area contributed by atoms with Crippen molar-refractivity contribution in [1.29, 1.82) is 0 Å². The third-order valence-electron chi connectivity index (χ3n) is 5.34. The van der Waals surface area contributed by atoms with Crippen molar-refractivity contribution in [3.05, 3.63) is 59.2 Å². The molecule has 0 aliphatic carbocycles. The molecule has 1 N–H and O–H groups in total. The first-order chi connectivity index (χ1) is 15.7. The summed E-state index contributed by atoms with van der Waals surface area (Å²) in [5.74, 6) is 0.945. The summed E-state index contributed by atoms with van der Waals surface area (Å²) in [6.45, 7) is 10.5. The molecular weight excluding hydrogens is 418 g/mol. The van der Waals surface area contributed by atoms with Crippen LogP contribution in [0.4, 0.5) is 5.69 Å². The highest BCUT2D eigenvalue weighted by Crippen LogP contribution is 2.28. The highest BCUT2D eigenvalue weighted by molar-refractivity contribution is 5.95. The Bertz CT molecular complexity index is 994. The number of ether oxygens (including phenoxy) is 3. The van der Waals surface area contributed by atoms with Crippen LogP contribution in [0.3, 0.4) is 0 Å². The van der Waals surface area contributed by atoms with Gasteiger partial charge in [-0.3, -0.25) is 4.79 Å². The van der Waals surface area contributed by atoms with E-state index in [1.807, 2.05) is 39.8 Å². The lowest BCUT2D eigenvalue weighted by molar-refractivity contribution is -0.137. The van der Waals surface area contributed by atoms with Crippen LogP contribution in [0, 0.1) is 19.3 Å². The first kappa shape index (κ1) is 26.0. The number of amides is 1. The Hall–Kier alpha value is -3.28. The van der Waals surface area contributed by atoms with Gasteiger partial charge in [0.15, 0.2) is 0 Å². The molecule has 0 radical (unpaired) electrons. The highest BCUT2D eigenvalue weighted by Gasteiger charge is 2.27. The van der Waals surface area contributed by atoms with Crippen molar-refractivity contribution in [3.8, 4) is 11.5 Å². The lowest BCUT2D eigenvalue weighted by Gasteiger charge is -2.24. The van der Waals surface area contributed by atoms with E-state index >= 15 is 0 Å². The zero-order chi connectivity index (χ0) is 24.4. The molecule has 0 spiro atoms. The van der Waals surface area contributed by atoms with Gasteiger partial charge in [0.05, 0.1) is 20.3 Å². The average molecular weight is 454 g/mol. The van der Waals surface area contributed by atoms with Crippen molar-refractivity contribution in [3.63, 3.8) is 0 Å². The average Bonchev–Trinajstić information content (AvgIpc) is 2.78. The van der Waals surface area contributed by atoms with Gasteiger partial charge in [0.2, 0.25) is 5.91 Å². The Morgan fingerprint density at radius 2 is 1.82 bits per heavy atom. The first-order valence-corrected chi connectivity index (χ1v) is 11.2. The molecule has 2 aromatic carbocycles. The Labute approximate surface area is 196 Å². The van der Waals surface area contributed by atoms with Crippen LogP contribution in [0.15, 0.2) is 42.5 Å². The summed E-state index contributed by atoms with van der Waals surface area (Å²) in [6.07, 6.45) is 4.42. The van der Waals surface area contributed by atoms with Gasteiger partial charge < -0.3 is 19.5 Å². The molecule has 178 valence electrons. The summed E-state index contributed by atoms with van der Waals surface area (Å²) < 4.78 is 16.2. The van der Waals surface area contributed by atoms with Gasteiger partial charge in [-0.1, -0.05) is 26.0 Å². The minimum Gasteiger partial charge on any atom is -0.496 e. The molecule has 1 amide bonds. The molecule has 0 aliphatic rings. The van der Waals surface area contributed by atoms with Crippen molar-refractivity contribution in [1.82, 2.24) is 0 Å². The Kier molecular flexibility index (Phi) is 9.52. The SMILES string of the molecule is CCOC(=O)C=Cc1ccc(NC(=O)C(C)(C)CCCOc2cc(C)ccc2C)cc1OC. The maximum Gasteiger partial charge on any atom is 0.330 e. The van der Waals surface area contributed by atoms with Crippen LogP contribution in [-0.4, -0.2) is 32.2 Å². The second kappa shape index (κ2) is 12.1. The molecule has 6 heteroatoms. The first-order valence-electron chi connectivity index (χ1n) is 11.2. The minimum absolute atomic E-state index is 0.0777. The largest absolute Gasteiger partial charge is 0.496 e. The standard InChI is InChI=1S/C27H35NO5/c1-7-32-25(29)14-12-21-11-13-22(18-24(21)31-6)28-26(30)27(4,5)15-8-16-33-23-17-19(2)9-10-20(23)3/h9-14,17-18H,7-8,15-16H2,1-6H3,(H,28,30). The van der Waals surface area contributed by atoms with E-state index in [1.54, 1.807) is 38.3 Å². The van der Waals surface area contributed by atoms with Gasteiger partial charge in [-0.2, -0.15) is 0 Å². The highest BCUT2D eigenvalue weighted by atomic mass is 16.5. The number of carbonyl (C=O) groups is 2. The molecule has 0 saturated carbocycles. The number of nitrogens with one attached hydrogen (secondary N) is 1. The van der Waals surface area contributed by atoms with Gasteiger partial charge in [-0.25, -0.2) is 4.79 Å². The molecule has 0 atom stereocenters. The smallest absolute Gasteiger partial charge is 0.330 e. The van der Waals surface area contributed by atoms with Gasteiger partial charge >= 0.3 is 5.97 Å².